The Morgan fingerprint density at radius 3 is 2.45 bits per heavy atom. The Bertz CT molecular complexity index is 232. The van der Waals surface area contributed by atoms with Gasteiger partial charge in [0, 0.05) is 0 Å². The Kier molecular flexibility index (Phi) is 2.03. The van der Waals surface area contributed by atoms with E-state index in [0.29, 0.717) is 5.41 Å². The van der Waals surface area contributed by atoms with E-state index in [4.69, 9.17) is 4.42 Å². The van der Waals surface area contributed by atoms with Crippen LogP contribution in [-0.4, -0.2) is 0 Å². The minimum atomic E-state index is 0.301. The van der Waals surface area contributed by atoms with E-state index in [9.17, 15) is 0 Å². The van der Waals surface area contributed by atoms with E-state index in [0.717, 1.165) is 12.3 Å². The highest BCUT2D eigenvalue weighted by Gasteiger charge is 2.20. The summed E-state index contributed by atoms with van der Waals surface area (Å²) in [5.74, 6) is 1.04. The van der Waals surface area contributed by atoms with Crippen LogP contribution in [0, 0.1) is 5.41 Å². The number of nitrogens with zero attached hydrogens (tertiary/aromatic N) is 1. The lowest BCUT2D eigenvalue weighted by Gasteiger charge is -2.12. The second-order valence-corrected chi connectivity index (χ2v) is 4.15. The predicted molar refractivity (Wildman–Crippen MR) is 43.0 cm³/mol. The molecular weight excluding hydrogens is 138 g/mol. The molecule has 1 aromatic heterocycles. The number of rotatable bonds is 1. The summed E-state index contributed by atoms with van der Waals surface area (Å²) in [5, 5.41) is 0. The third-order valence-electron chi connectivity index (χ3n) is 1.56. The van der Waals surface area contributed by atoms with E-state index >= 15 is 0 Å². The van der Waals surface area contributed by atoms with Crippen LogP contribution in [0.15, 0.2) is 16.9 Å². The standard InChI is InChI=1S/C9H16NO/c1-9(2,3)7-8-10(4)5-6-11-8/h5-6H,7H2,1-4H3/q+1. The van der Waals surface area contributed by atoms with Crippen LogP contribution in [0.2, 0.25) is 0 Å². The van der Waals surface area contributed by atoms with Crippen LogP contribution in [0.4, 0.5) is 0 Å². The molecule has 2 nitrogen and oxygen atoms in total. The van der Waals surface area contributed by atoms with E-state index in [1.54, 1.807) is 6.26 Å². The van der Waals surface area contributed by atoms with Gasteiger partial charge >= 0.3 is 5.89 Å². The highest BCUT2D eigenvalue weighted by molar-refractivity contribution is 4.77. The van der Waals surface area contributed by atoms with Gasteiger partial charge in [0.25, 0.3) is 0 Å². The largest absolute Gasteiger partial charge is 0.410 e. The van der Waals surface area contributed by atoms with Crippen molar-refractivity contribution in [1.82, 2.24) is 0 Å². The monoisotopic (exact) mass is 154 g/mol. The molecule has 0 amide bonds. The van der Waals surface area contributed by atoms with Gasteiger partial charge in [-0.2, -0.15) is 4.57 Å². The zero-order chi connectivity index (χ0) is 8.48. The Hall–Kier alpha value is -0.790. The van der Waals surface area contributed by atoms with E-state index in [1.165, 1.54) is 0 Å². The summed E-state index contributed by atoms with van der Waals surface area (Å²) >= 11 is 0. The molecule has 0 N–H and O–H groups in total. The van der Waals surface area contributed by atoms with Crippen LogP contribution in [0.3, 0.4) is 0 Å². The Labute approximate surface area is 67.8 Å². The van der Waals surface area contributed by atoms with Crippen LogP contribution in [0.5, 0.6) is 0 Å². The first-order valence-electron chi connectivity index (χ1n) is 3.91. The number of oxazole rings is 1. The van der Waals surface area contributed by atoms with E-state index in [1.807, 2.05) is 17.8 Å². The molecule has 1 heterocycles. The second kappa shape index (κ2) is 2.68. The first-order valence-corrected chi connectivity index (χ1v) is 3.91. The molecule has 2 heteroatoms. The molecule has 0 fully saturated rings. The zero-order valence-corrected chi connectivity index (χ0v) is 7.72. The van der Waals surface area contributed by atoms with Crippen molar-refractivity contribution in [1.29, 1.82) is 0 Å². The SMILES string of the molecule is C[n+]1ccoc1CC(C)(C)C. The average Bonchev–Trinajstić information content (AvgIpc) is 2.12. The second-order valence-electron chi connectivity index (χ2n) is 4.15. The highest BCUT2D eigenvalue weighted by atomic mass is 16.3. The Balaban J connectivity index is 2.72. The van der Waals surface area contributed by atoms with E-state index in [-0.39, 0.29) is 0 Å². The van der Waals surface area contributed by atoms with Crippen molar-refractivity contribution in [2.75, 3.05) is 0 Å². The molecule has 0 aromatic carbocycles. The molecule has 0 aliphatic carbocycles. The number of aromatic nitrogens is 1. The van der Waals surface area contributed by atoms with Gasteiger partial charge in [0.05, 0.1) is 6.42 Å². The van der Waals surface area contributed by atoms with Crippen LogP contribution in [0.1, 0.15) is 26.7 Å². The summed E-state index contributed by atoms with van der Waals surface area (Å²) in [5.41, 5.74) is 0.301. The van der Waals surface area contributed by atoms with Gasteiger partial charge in [0.15, 0.2) is 6.26 Å². The number of aryl methyl sites for hydroxylation is 1. The van der Waals surface area contributed by atoms with Crippen molar-refractivity contribution in [3.63, 3.8) is 0 Å². The normalized spacial score (nSPS) is 12.0. The smallest absolute Gasteiger partial charge is 0.347 e. The van der Waals surface area contributed by atoms with Gasteiger partial charge in [-0.1, -0.05) is 20.8 Å². The molecule has 0 unspecified atom stereocenters. The first-order chi connectivity index (χ1) is 4.99. The molecule has 62 valence electrons. The van der Waals surface area contributed by atoms with Crippen molar-refractivity contribution in [2.24, 2.45) is 12.5 Å². The summed E-state index contributed by atoms with van der Waals surface area (Å²) in [6.45, 7) is 6.61. The Morgan fingerprint density at radius 2 is 2.09 bits per heavy atom. The molecule has 0 aliphatic rings. The summed E-state index contributed by atoms with van der Waals surface area (Å²) in [6.07, 6.45) is 4.64. The van der Waals surface area contributed by atoms with Gasteiger partial charge in [-0.25, -0.2) is 0 Å². The molecular formula is C9H16NO+. The summed E-state index contributed by atoms with van der Waals surface area (Å²) in [7, 11) is 2.00. The minimum absolute atomic E-state index is 0.301. The zero-order valence-electron chi connectivity index (χ0n) is 7.72. The lowest BCUT2D eigenvalue weighted by Crippen LogP contribution is -2.32. The number of hydrogen-bond donors (Lipinski definition) is 0. The average molecular weight is 154 g/mol. The fourth-order valence-corrected chi connectivity index (χ4v) is 0.987. The predicted octanol–water partition coefficient (Wildman–Crippen LogP) is 1.69. The van der Waals surface area contributed by atoms with Gasteiger partial charge in [0.2, 0.25) is 6.20 Å². The fourth-order valence-electron chi connectivity index (χ4n) is 0.987. The van der Waals surface area contributed by atoms with Gasteiger partial charge in [-0.3, -0.25) is 0 Å². The molecule has 0 atom stereocenters. The first kappa shape index (κ1) is 8.31. The maximum atomic E-state index is 5.30. The van der Waals surface area contributed by atoms with Gasteiger partial charge < -0.3 is 4.42 Å². The van der Waals surface area contributed by atoms with Crippen LogP contribution >= 0.6 is 0 Å². The topological polar surface area (TPSA) is 17.0 Å². The fraction of sp³-hybridized carbons (Fsp3) is 0.667. The lowest BCUT2D eigenvalue weighted by molar-refractivity contribution is -0.683. The molecule has 0 bridgehead atoms. The molecule has 0 radical (unpaired) electrons. The third kappa shape index (κ3) is 2.37. The van der Waals surface area contributed by atoms with Crippen molar-refractivity contribution in [3.05, 3.63) is 18.4 Å². The van der Waals surface area contributed by atoms with Gasteiger partial charge in [0.1, 0.15) is 7.05 Å². The maximum absolute atomic E-state index is 5.30. The van der Waals surface area contributed by atoms with Gasteiger partial charge in [-0.15, -0.1) is 0 Å². The van der Waals surface area contributed by atoms with Crippen molar-refractivity contribution < 1.29 is 8.98 Å². The molecule has 0 saturated carbocycles. The molecule has 11 heavy (non-hydrogen) atoms. The van der Waals surface area contributed by atoms with Crippen LogP contribution < -0.4 is 4.57 Å². The molecule has 0 saturated heterocycles. The van der Waals surface area contributed by atoms with Crippen LogP contribution in [0.25, 0.3) is 0 Å². The molecule has 1 aromatic rings. The lowest BCUT2D eigenvalue weighted by atomic mass is 9.92. The van der Waals surface area contributed by atoms with Gasteiger partial charge in [-0.05, 0) is 5.41 Å². The molecule has 1 rings (SSSR count). The van der Waals surface area contributed by atoms with Crippen LogP contribution in [-0.2, 0) is 13.5 Å². The maximum Gasteiger partial charge on any atom is 0.347 e. The minimum Gasteiger partial charge on any atom is -0.410 e. The van der Waals surface area contributed by atoms with Crippen molar-refractivity contribution in [2.45, 2.75) is 27.2 Å². The quantitative estimate of drug-likeness (QED) is 0.562. The summed E-state index contributed by atoms with van der Waals surface area (Å²) in [6, 6.07) is 0. The molecule has 0 spiro atoms. The number of hydrogen-bond acceptors (Lipinski definition) is 1. The summed E-state index contributed by atoms with van der Waals surface area (Å²) in [4.78, 5) is 0. The van der Waals surface area contributed by atoms with E-state index < -0.39 is 0 Å². The van der Waals surface area contributed by atoms with Crippen molar-refractivity contribution in [3.8, 4) is 0 Å². The highest BCUT2D eigenvalue weighted by Crippen LogP contribution is 2.18. The third-order valence-corrected chi connectivity index (χ3v) is 1.56. The van der Waals surface area contributed by atoms with E-state index in [2.05, 4.69) is 20.8 Å². The summed E-state index contributed by atoms with van der Waals surface area (Å²) < 4.78 is 7.32. The molecule has 0 aliphatic heterocycles. The van der Waals surface area contributed by atoms with Crippen molar-refractivity contribution >= 4 is 0 Å². The Morgan fingerprint density at radius 1 is 1.45 bits per heavy atom.